The molecule has 1 amide bonds. The Hall–Kier alpha value is -2.03. The third-order valence-corrected chi connectivity index (χ3v) is 3.95. The van der Waals surface area contributed by atoms with E-state index < -0.39 is 11.7 Å². The van der Waals surface area contributed by atoms with Crippen LogP contribution in [-0.4, -0.2) is 35.9 Å². The van der Waals surface area contributed by atoms with E-state index >= 15 is 0 Å². The van der Waals surface area contributed by atoms with Crippen LogP contribution in [0.4, 0.5) is 13.2 Å². The zero-order valence-corrected chi connectivity index (χ0v) is 17.8. The maximum absolute atomic E-state index is 12.5. The first kappa shape index (κ1) is 27.0. The van der Waals surface area contributed by atoms with Gasteiger partial charge < -0.3 is 15.4 Å². The normalized spacial score (nSPS) is 11.1. The van der Waals surface area contributed by atoms with Gasteiger partial charge in [0.2, 0.25) is 5.88 Å². The van der Waals surface area contributed by atoms with E-state index in [1.54, 1.807) is 36.2 Å². The first-order valence-electron chi connectivity index (χ1n) is 8.28. The molecule has 1 aromatic carbocycles. The van der Waals surface area contributed by atoms with Gasteiger partial charge in [-0.2, -0.15) is 13.2 Å². The van der Waals surface area contributed by atoms with Crippen molar-refractivity contribution in [3.8, 4) is 11.6 Å². The SMILES string of the molecule is CN(CC(C)(C)CN)C(=O)c1ccc(Oc2ccc(C(F)(F)F)cn2)cc1.Cl.Cl. The molecule has 0 fully saturated rings. The summed E-state index contributed by atoms with van der Waals surface area (Å²) < 4.78 is 43.0. The predicted molar refractivity (Wildman–Crippen MR) is 110 cm³/mol. The summed E-state index contributed by atoms with van der Waals surface area (Å²) >= 11 is 0. The maximum atomic E-state index is 12.5. The Labute approximate surface area is 180 Å². The van der Waals surface area contributed by atoms with Crippen molar-refractivity contribution < 1.29 is 22.7 Å². The molecule has 1 heterocycles. The molecule has 10 heteroatoms. The number of carbonyl (C=O) groups is 1. The molecule has 0 aliphatic carbocycles. The Kier molecular flexibility index (Phi) is 9.92. The van der Waals surface area contributed by atoms with Gasteiger partial charge in [-0.3, -0.25) is 4.79 Å². The van der Waals surface area contributed by atoms with Crippen molar-refractivity contribution in [2.24, 2.45) is 11.1 Å². The van der Waals surface area contributed by atoms with E-state index in [4.69, 9.17) is 10.5 Å². The van der Waals surface area contributed by atoms with Crippen LogP contribution < -0.4 is 10.5 Å². The van der Waals surface area contributed by atoms with Crippen LogP contribution in [0.3, 0.4) is 0 Å². The summed E-state index contributed by atoms with van der Waals surface area (Å²) in [5, 5.41) is 0. The molecule has 0 bridgehead atoms. The Morgan fingerprint density at radius 1 is 1.10 bits per heavy atom. The van der Waals surface area contributed by atoms with Gasteiger partial charge in [-0.15, -0.1) is 24.8 Å². The number of benzene rings is 1. The average molecular weight is 454 g/mol. The Bertz CT molecular complexity index is 783. The van der Waals surface area contributed by atoms with E-state index in [0.717, 1.165) is 12.1 Å². The number of nitrogens with zero attached hydrogens (tertiary/aromatic N) is 2. The number of amides is 1. The number of ether oxygens (including phenoxy) is 1. The Morgan fingerprint density at radius 3 is 2.14 bits per heavy atom. The van der Waals surface area contributed by atoms with Gasteiger partial charge in [0.15, 0.2) is 0 Å². The van der Waals surface area contributed by atoms with Gasteiger partial charge in [-0.25, -0.2) is 4.98 Å². The van der Waals surface area contributed by atoms with Crippen molar-refractivity contribution >= 4 is 30.7 Å². The summed E-state index contributed by atoms with van der Waals surface area (Å²) in [5.74, 6) is 0.239. The quantitative estimate of drug-likeness (QED) is 0.682. The number of halogens is 5. The van der Waals surface area contributed by atoms with Crippen LogP contribution in [0.15, 0.2) is 42.6 Å². The topological polar surface area (TPSA) is 68.5 Å². The maximum Gasteiger partial charge on any atom is 0.417 e. The summed E-state index contributed by atoms with van der Waals surface area (Å²) in [5.41, 5.74) is 5.13. The lowest BCUT2D eigenvalue weighted by Crippen LogP contribution is -2.39. The third-order valence-electron chi connectivity index (χ3n) is 3.95. The second-order valence-electron chi connectivity index (χ2n) is 7.04. The van der Waals surface area contributed by atoms with Crippen LogP contribution in [0, 0.1) is 5.41 Å². The van der Waals surface area contributed by atoms with E-state index in [1.807, 2.05) is 13.8 Å². The summed E-state index contributed by atoms with van der Waals surface area (Å²) in [7, 11) is 1.70. The van der Waals surface area contributed by atoms with E-state index in [0.29, 0.717) is 30.6 Å². The molecule has 0 saturated carbocycles. The van der Waals surface area contributed by atoms with Crippen LogP contribution in [0.5, 0.6) is 11.6 Å². The molecular weight excluding hydrogens is 430 g/mol. The molecule has 0 spiro atoms. The Balaban J connectivity index is 0.00000392. The average Bonchev–Trinajstić information content (AvgIpc) is 2.61. The third kappa shape index (κ3) is 7.72. The molecule has 1 aromatic heterocycles. The van der Waals surface area contributed by atoms with Crippen LogP contribution in [-0.2, 0) is 6.18 Å². The zero-order chi connectivity index (χ0) is 20.2. The number of nitrogens with two attached hydrogens (primary N) is 1. The van der Waals surface area contributed by atoms with E-state index in [9.17, 15) is 18.0 Å². The smallest absolute Gasteiger partial charge is 0.417 e. The molecule has 0 saturated heterocycles. The lowest BCUT2D eigenvalue weighted by Gasteiger charge is -2.29. The molecular formula is C19H24Cl2F3N3O2. The molecule has 0 atom stereocenters. The van der Waals surface area contributed by atoms with Crippen molar-refractivity contribution in [2.75, 3.05) is 20.1 Å². The van der Waals surface area contributed by atoms with Crippen LogP contribution >= 0.6 is 24.8 Å². The van der Waals surface area contributed by atoms with Crippen LogP contribution in [0.1, 0.15) is 29.8 Å². The standard InChI is InChI=1S/C19H22F3N3O2.2ClH/c1-18(2,11-23)12-25(3)17(26)13-4-7-15(8-5-13)27-16-9-6-14(10-24-16)19(20,21)22;;/h4-10H,11-12,23H2,1-3H3;2*1H. The zero-order valence-electron chi connectivity index (χ0n) is 16.2. The summed E-state index contributed by atoms with van der Waals surface area (Å²) in [6, 6.07) is 8.35. The predicted octanol–water partition coefficient (Wildman–Crippen LogP) is 4.79. The molecule has 0 radical (unpaired) electrons. The van der Waals surface area contributed by atoms with Gasteiger partial charge in [-0.05, 0) is 42.3 Å². The molecule has 2 aromatic rings. The molecule has 29 heavy (non-hydrogen) atoms. The number of hydrogen-bond donors (Lipinski definition) is 1. The monoisotopic (exact) mass is 453 g/mol. The molecule has 5 nitrogen and oxygen atoms in total. The van der Waals surface area contributed by atoms with E-state index in [2.05, 4.69) is 4.98 Å². The van der Waals surface area contributed by atoms with Crippen molar-refractivity contribution in [3.63, 3.8) is 0 Å². The number of carbonyl (C=O) groups excluding carboxylic acids is 1. The highest BCUT2D eigenvalue weighted by atomic mass is 35.5. The molecule has 162 valence electrons. The number of pyridine rings is 1. The van der Waals surface area contributed by atoms with Gasteiger partial charge in [0, 0.05) is 31.4 Å². The van der Waals surface area contributed by atoms with Gasteiger partial charge >= 0.3 is 6.18 Å². The van der Waals surface area contributed by atoms with Crippen LogP contribution in [0.2, 0.25) is 0 Å². The van der Waals surface area contributed by atoms with Crippen molar-refractivity contribution in [2.45, 2.75) is 20.0 Å². The second-order valence-corrected chi connectivity index (χ2v) is 7.04. The van der Waals surface area contributed by atoms with E-state index in [-0.39, 0.29) is 42.0 Å². The van der Waals surface area contributed by atoms with Gasteiger partial charge in [0.05, 0.1) is 5.56 Å². The lowest BCUT2D eigenvalue weighted by atomic mass is 9.93. The highest BCUT2D eigenvalue weighted by molar-refractivity contribution is 5.94. The first-order chi connectivity index (χ1) is 12.5. The van der Waals surface area contributed by atoms with Gasteiger partial charge in [-0.1, -0.05) is 13.8 Å². The molecule has 0 aliphatic heterocycles. The minimum absolute atomic E-state index is 0. The highest BCUT2D eigenvalue weighted by Gasteiger charge is 2.30. The summed E-state index contributed by atoms with van der Waals surface area (Å²) in [6.07, 6.45) is -3.74. The fourth-order valence-electron chi connectivity index (χ4n) is 2.39. The fourth-order valence-corrected chi connectivity index (χ4v) is 2.39. The molecule has 0 unspecified atom stereocenters. The second kappa shape index (κ2) is 10.7. The Morgan fingerprint density at radius 2 is 1.69 bits per heavy atom. The number of hydrogen-bond acceptors (Lipinski definition) is 4. The first-order valence-corrected chi connectivity index (χ1v) is 8.28. The van der Waals surface area contributed by atoms with E-state index in [1.165, 1.54) is 0 Å². The summed E-state index contributed by atoms with van der Waals surface area (Å²) in [4.78, 5) is 17.7. The minimum atomic E-state index is -4.45. The number of alkyl halides is 3. The molecule has 0 aliphatic rings. The molecule has 2 N–H and O–H groups in total. The molecule has 2 rings (SSSR count). The van der Waals surface area contributed by atoms with Crippen molar-refractivity contribution in [3.05, 3.63) is 53.7 Å². The van der Waals surface area contributed by atoms with Crippen LogP contribution in [0.25, 0.3) is 0 Å². The minimum Gasteiger partial charge on any atom is -0.439 e. The highest BCUT2D eigenvalue weighted by Crippen LogP contribution is 2.30. The largest absolute Gasteiger partial charge is 0.439 e. The fraction of sp³-hybridized carbons (Fsp3) is 0.368. The van der Waals surface area contributed by atoms with Gasteiger partial charge in [0.25, 0.3) is 5.91 Å². The lowest BCUT2D eigenvalue weighted by molar-refractivity contribution is -0.137. The number of aromatic nitrogens is 1. The van der Waals surface area contributed by atoms with Crippen molar-refractivity contribution in [1.82, 2.24) is 9.88 Å². The summed E-state index contributed by atoms with van der Waals surface area (Å²) in [6.45, 7) is 4.92. The van der Waals surface area contributed by atoms with Gasteiger partial charge in [0.1, 0.15) is 5.75 Å². The number of rotatable bonds is 6. The van der Waals surface area contributed by atoms with Crippen molar-refractivity contribution in [1.29, 1.82) is 0 Å².